The molecule has 4 heterocycles. The highest BCUT2D eigenvalue weighted by Crippen LogP contribution is 2.25. The average molecular weight is 359 g/mol. The summed E-state index contributed by atoms with van der Waals surface area (Å²) in [7, 11) is 0. The monoisotopic (exact) mass is 359 g/mol. The van der Waals surface area contributed by atoms with Gasteiger partial charge in [0.1, 0.15) is 12.1 Å². The third-order valence-electron chi connectivity index (χ3n) is 4.61. The second-order valence-electron chi connectivity index (χ2n) is 6.17. The lowest BCUT2D eigenvalue weighted by Gasteiger charge is -2.36. The summed E-state index contributed by atoms with van der Waals surface area (Å²) >= 11 is 1.56. The topological polar surface area (TPSA) is 91.7 Å². The molecule has 0 aliphatic carbocycles. The minimum absolute atomic E-state index is 0.0900. The van der Waals surface area contributed by atoms with Crippen LogP contribution in [0.25, 0.3) is 0 Å². The van der Waals surface area contributed by atoms with E-state index in [4.69, 9.17) is 4.42 Å². The Kier molecular flexibility index (Phi) is 4.04. The average Bonchev–Trinajstić information content (AvgIpc) is 3.33. The summed E-state index contributed by atoms with van der Waals surface area (Å²) in [6.07, 6.45) is 2.46. The summed E-state index contributed by atoms with van der Waals surface area (Å²) in [5.41, 5.74) is 0. The maximum absolute atomic E-state index is 12.7. The molecule has 0 unspecified atom stereocenters. The maximum atomic E-state index is 12.7. The number of nitrogens with zero attached hydrogens (tertiary/aromatic N) is 1. The van der Waals surface area contributed by atoms with E-state index >= 15 is 0 Å². The highest BCUT2D eigenvalue weighted by Gasteiger charge is 2.48. The molecule has 0 saturated carbocycles. The zero-order valence-corrected chi connectivity index (χ0v) is 14.1. The Morgan fingerprint density at radius 1 is 1.36 bits per heavy atom. The summed E-state index contributed by atoms with van der Waals surface area (Å²) in [5, 5.41) is 7.57. The van der Waals surface area contributed by atoms with Gasteiger partial charge in [-0.15, -0.1) is 11.3 Å². The minimum atomic E-state index is -0.661. The second-order valence-corrected chi connectivity index (χ2v) is 7.20. The number of hydrogen-bond donors (Lipinski definition) is 2. The molecule has 7 nitrogen and oxygen atoms in total. The van der Waals surface area contributed by atoms with Gasteiger partial charge in [0.25, 0.3) is 5.91 Å². The molecule has 0 aromatic carbocycles. The van der Waals surface area contributed by atoms with Crippen LogP contribution in [0.2, 0.25) is 0 Å². The number of thiophene rings is 1. The number of piperazine rings is 1. The highest BCUT2D eigenvalue weighted by atomic mass is 32.1. The second kappa shape index (κ2) is 6.36. The van der Waals surface area contributed by atoms with Crippen molar-refractivity contribution < 1.29 is 18.8 Å². The van der Waals surface area contributed by atoms with Crippen molar-refractivity contribution in [2.24, 2.45) is 0 Å². The molecule has 8 heteroatoms. The third-order valence-corrected chi connectivity index (χ3v) is 5.51. The van der Waals surface area contributed by atoms with E-state index < -0.39 is 18.1 Å². The predicted molar refractivity (Wildman–Crippen MR) is 90.0 cm³/mol. The largest absolute Gasteiger partial charge is 0.459 e. The number of fused-ring (bicyclic) bond motifs is 1. The van der Waals surface area contributed by atoms with E-state index in [9.17, 15) is 14.4 Å². The number of furan rings is 1. The summed E-state index contributed by atoms with van der Waals surface area (Å²) < 4.78 is 5.07. The van der Waals surface area contributed by atoms with Crippen LogP contribution in [0.4, 0.5) is 0 Å². The van der Waals surface area contributed by atoms with Crippen molar-refractivity contribution in [3.8, 4) is 0 Å². The Balaban J connectivity index is 1.46. The van der Waals surface area contributed by atoms with Crippen molar-refractivity contribution in [2.75, 3.05) is 6.54 Å². The van der Waals surface area contributed by atoms with Crippen molar-refractivity contribution in [2.45, 2.75) is 31.0 Å². The van der Waals surface area contributed by atoms with Gasteiger partial charge >= 0.3 is 0 Å². The van der Waals surface area contributed by atoms with Crippen molar-refractivity contribution in [1.82, 2.24) is 15.5 Å². The van der Waals surface area contributed by atoms with E-state index in [0.29, 0.717) is 19.4 Å². The summed E-state index contributed by atoms with van der Waals surface area (Å²) in [6.45, 7) is 0.459. The molecule has 2 aromatic heterocycles. The van der Waals surface area contributed by atoms with Crippen LogP contribution in [0.3, 0.4) is 0 Å². The van der Waals surface area contributed by atoms with Crippen LogP contribution < -0.4 is 10.6 Å². The molecule has 2 saturated heterocycles. The molecule has 3 amide bonds. The summed E-state index contributed by atoms with van der Waals surface area (Å²) in [4.78, 5) is 40.1. The Bertz CT molecular complexity index is 787. The molecule has 2 aromatic rings. The lowest BCUT2D eigenvalue weighted by atomic mass is 10.0. The minimum Gasteiger partial charge on any atom is -0.459 e. The number of carbonyl (C=O) groups is 3. The van der Waals surface area contributed by atoms with Gasteiger partial charge in [0.2, 0.25) is 11.8 Å². The Morgan fingerprint density at radius 2 is 2.24 bits per heavy atom. The number of carbonyl (C=O) groups excluding carboxylic acids is 3. The van der Waals surface area contributed by atoms with E-state index in [1.54, 1.807) is 28.4 Å². The molecule has 4 rings (SSSR count). The molecule has 130 valence electrons. The summed E-state index contributed by atoms with van der Waals surface area (Å²) in [5.74, 6) is -0.495. The van der Waals surface area contributed by atoms with Crippen molar-refractivity contribution in [3.63, 3.8) is 0 Å². The number of amides is 3. The fourth-order valence-corrected chi connectivity index (χ4v) is 4.20. The van der Waals surface area contributed by atoms with Gasteiger partial charge in [-0.2, -0.15) is 0 Å². The van der Waals surface area contributed by atoms with Crippen molar-refractivity contribution >= 4 is 29.1 Å². The van der Waals surface area contributed by atoms with Crippen molar-refractivity contribution in [1.29, 1.82) is 0 Å². The van der Waals surface area contributed by atoms with Crippen LogP contribution in [0.5, 0.6) is 0 Å². The molecular formula is C17H17N3O4S. The molecule has 0 spiro atoms. The molecule has 3 atom stereocenters. The molecule has 0 bridgehead atoms. The fourth-order valence-electron chi connectivity index (χ4n) is 3.45. The zero-order valence-electron chi connectivity index (χ0n) is 13.3. The van der Waals surface area contributed by atoms with Gasteiger partial charge in [-0.3, -0.25) is 14.4 Å². The number of rotatable bonds is 4. The van der Waals surface area contributed by atoms with Gasteiger partial charge < -0.3 is 20.0 Å². The van der Waals surface area contributed by atoms with E-state index in [1.807, 2.05) is 17.5 Å². The van der Waals surface area contributed by atoms with Gasteiger partial charge in [0, 0.05) is 17.8 Å². The maximum Gasteiger partial charge on any atom is 0.287 e. The molecule has 0 radical (unpaired) electrons. The smallest absolute Gasteiger partial charge is 0.287 e. The number of hydrogen-bond acceptors (Lipinski definition) is 5. The Hall–Kier alpha value is -2.61. The molecule has 2 aliphatic heterocycles. The third kappa shape index (κ3) is 2.93. The first kappa shape index (κ1) is 15.9. The highest BCUT2D eigenvalue weighted by molar-refractivity contribution is 7.09. The van der Waals surface area contributed by atoms with E-state index in [-0.39, 0.29) is 23.5 Å². The quantitative estimate of drug-likeness (QED) is 0.844. The van der Waals surface area contributed by atoms with Gasteiger partial charge in [-0.1, -0.05) is 6.07 Å². The standard InChI is InChI=1S/C17H17N3O4S/c21-15(13-4-1-7-24-13)18-11-5-6-20-14(11)16(22)19-12(17(20)23)9-10-3-2-8-25-10/h1-4,7-8,11-12,14H,5-6,9H2,(H,18,21)(H,19,22)/t11-,12-,14-/m0/s1. The molecule has 2 N–H and O–H groups in total. The van der Waals surface area contributed by atoms with Crippen LogP contribution in [0.1, 0.15) is 21.9 Å². The van der Waals surface area contributed by atoms with Gasteiger partial charge in [-0.25, -0.2) is 0 Å². The number of nitrogens with one attached hydrogen (secondary N) is 2. The normalized spacial score (nSPS) is 25.6. The van der Waals surface area contributed by atoms with Crippen LogP contribution >= 0.6 is 11.3 Å². The SMILES string of the molecule is O=C(N[C@H]1CCN2C(=O)[C@H](Cc3cccs3)NC(=O)[C@H]12)c1ccco1. The van der Waals surface area contributed by atoms with Crippen LogP contribution in [0, 0.1) is 0 Å². The molecule has 2 fully saturated rings. The first-order chi connectivity index (χ1) is 12.1. The van der Waals surface area contributed by atoms with Crippen LogP contribution in [-0.4, -0.2) is 47.3 Å². The Labute approximate surface area is 148 Å². The van der Waals surface area contributed by atoms with E-state index in [0.717, 1.165) is 4.88 Å². The first-order valence-electron chi connectivity index (χ1n) is 8.11. The molecule has 2 aliphatic rings. The summed E-state index contributed by atoms with van der Waals surface area (Å²) in [6, 6.07) is 5.45. The fraction of sp³-hybridized carbons (Fsp3) is 0.353. The van der Waals surface area contributed by atoms with Crippen molar-refractivity contribution in [3.05, 3.63) is 46.5 Å². The van der Waals surface area contributed by atoms with Crippen LogP contribution in [-0.2, 0) is 16.0 Å². The zero-order chi connectivity index (χ0) is 17.4. The van der Waals surface area contributed by atoms with E-state index in [1.165, 1.54) is 6.26 Å². The predicted octanol–water partition coefficient (Wildman–Crippen LogP) is 0.782. The Morgan fingerprint density at radius 3 is 2.96 bits per heavy atom. The van der Waals surface area contributed by atoms with Gasteiger partial charge in [0.15, 0.2) is 5.76 Å². The van der Waals surface area contributed by atoms with Gasteiger partial charge in [-0.05, 0) is 30.0 Å². The first-order valence-corrected chi connectivity index (χ1v) is 8.99. The molecular weight excluding hydrogens is 342 g/mol. The lowest BCUT2D eigenvalue weighted by Crippen LogP contribution is -2.65. The van der Waals surface area contributed by atoms with Gasteiger partial charge in [0.05, 0.1) is 12.3 Å². The van der Waals surface area contributed by atoms with Crippen LogP contribution in [0.15, 0.2) is 40.3 Å². The lowest BCUT2D eigenvalue weighted by molar-refractivity contribution is -0.147. The molecule has 25 heavy (non-hydrogen) atoms. The van der Waals surface area contributed by atoms with E-state index in [2.05, 4.69) is 10.6 Å².